The first kappa shape index (κ1) is 12.1. The molecule has 3 aliphatic rings. The molecule has 0 aromatic carbocycles. The first-order valence-corrected chi connectivity index (χ1v) is 9.24. The quantitative estimate of drug-likeness (QED) is 0.442. The van der Waals surface area contributed by atoms with Gasteiger partial charge in [-0.15, -0.1) is 0 Å². The average Bonchev–Trinajstić information content (AvgIpc) is 2.40. The first-order valence-electron chi connectivity index (χ1n) is 7.05. The normalized spacial score (nSPS) is 52.9. The zero-order chi connectivity index (χ0) is 11.1. The van der Waals surface area contributed by atoms with Gasteiger partial charge in [0.2, 0.25) is 0 Å². The van der Waals surface area contributed by atoms with Gasteiger partial charge in [0, 0.05) is 14.4 Å². The van der Waals surface area contributed by atoms with Crippen molar-refractivity contribution in [2.45, 2.75) is 66.3 Å². The number of fused-ring (bicyclic) bond motifs is 4. The Balaban J connectivity index is 1.84. The lowest BCUT2D eigenvalue weighted by Gasteiger charge is -2.47. The molecule has 0 radical (unpaired) electrons. The fraction of sp³-hybridized carbons (Fsp3) is 1.00. The summed E-state index contributed by atoms with van der Waals surface area (Å²) in [7, 11) is 0. The maximum atomic E-state index is 2.77. The molecule has 16 heavy (non-hydrogen) atoms. The van der Waals surface area contributed by atoms with Crippen molar-refractivity contribution in [2.24, 2.45) is 17.8 Å². The molecule has 0 amide bonds. The van der Waals surface area contributed by atoms with Crippen molar-refractivity contribution in [2.75, 3.05) is 0 Å². The minimum atomic E-state index is 0.982. The number of rotatable bonds is 0. The monoisotopic (exact) mass is 350 g/mol. The van der Waals surface area contributed by atoms with Crippen LogP contribution in [-0.4, -0.2) is 14.4 Å². The van der Waals surface area contributed by atoms with E-state index in [0.717, 1.165) is 32.2 Å². The van der Waals surface area contributed by atoms with Crippen LogP contribution >= 0.6 is 34.4 Å². The summed E-state index contributed by atoms with van der Waals surface area (Å²) in [6.07, 6.45) is 10.6. The van der Waals surface area contributed by atoms with Crippen molar-refractivity contribution in [3.63, 3.8) is 0 Å². The lowest BCUT2D eigenvalue weighted by atomic mass is 9.72. The Bertz CT molecular complexity index is 255. The second-order valence-electron chi connectivity index (χ2n) is 6.13. The molecule has 5 unspecified atom stereocenters. The first-order chi connectivity index (χ1) is 7.75. The highest BCUT2D eigenvalue weighted by atomic mass is 127. The lowest BCUT2D eigenvalue weighted by molar-refractivity contribution is 0.187. The second kappa shape index (κ2) is 4.99. The van der Waals surface area contributed by atoms with Gasteiger partial charge in [-0.1, -0.05) is 48.8 Å². The highest BCUT2D eigenvalue weighted by molar-refractivity contribution is 14.1. The minimum Gasteiger partial charge on any atom is -0.155 e. The molecule has 0 nitrogen and oxygen atoms in total. The van der Waals surface area contributed by atoms with Crippen LogP contribution in [0.5, 0.6) is 0 Å². The third-order valence-corrected chi connectivity index (χ3v) is 8.29. The molecule has 2 aliphatic carbocycles. The van der Waals surface area contributed by atoms with E-state index in [0.29, 0.717) is 0 Å². The van der Waals surface area contributed by atoms with E-state index < -0.39 is 0 Å². The molecular formula is C14H23IS. The summed E-state index contributed by atoms with van der Waals surface area (Å²) in [5, 5.41) is 2.05. The summed E-state index contributed by atoms with van der Waals surface area (Å²) in [5.41, 5.74) is 0. The molecule has 2 heteroatoms. The summed E-state index contributed by atoms with van der Waals surface area (Å²) in [4.78, 5) is 0. The number of hydrogen-bond donors (Lipinski definition) is 0. The van der Waals surface area contributed by atoms with Crippen LogP contribution in [-0.2, 0) is 0 Å². The van der Waals surface area contributed by atoms with Crippen LogP contribution in [0.25, 0.3) is 0 Å². The molecule has 0 N–H and O–H groups in total. The highest BCUT2D eigenvalue weighted by Crippen LogP contribution is 2.54. The van der Waals surface area contributed by atoms with Crippen LogP contribution in [0.3, 0.4) is 0 Å². The van der Waals surface area contributed by atoms with Crippen molar-refractivity contribution in [1.29, 1.82) is 0 Å². The fourth-order valence-corrected chi connectivity index (χ4v) is 8.04. The van der Waals surface area contributed by atoms with Gasteiger partial charge in [0.15, 0.2) is 0 Å². The van der Waals surface area contributed by atoms with Crippen molar-refractivity contribution in [3.8, 4) is 0 Å². The number of alkyl halides is 1. The van der Waals surface area contributed by atoms with Crippen molar-refractivity contribution in [3.05, 3.63) is 0 Å². The van der Waals surface area contributed by atoms with E-state index in [1.54, 1.807) is 6.42 Å². The predicted molar refractivity (Wildman–Crippen MR) is 81.4 cm³/mol. The molecule has 0 aromatic rings. The SMILES string of the molecule is CC1CCCC2CC1C1C(CCC[C@@H]1I)S2. The van der Waals surface area contributed by atoms with Gasteiger partial charge in [-0.05, 0) is 43.4 Å². The van der Waals surface area contributed by atoms with Gasteiger partial charge in [0.05, 0.1) is 0 Å². The third-order valence-electron chi connectivity index (χ3n) is 5.13. The Labute approximate surface area is 118 Å². The predicted octanol–water partition coefficient (Wildman–Crippen LogP) is 4.90. The standard InChI is InChI=1S/C14H23IS/c1-9-4-2-5-10-8-11(9)14-12(15)6-3-7-13(14)16-10/h9-14H,2-8H2,1H3/t9?,10?,11?,12-,13?,14?/m0/s1. The smallest absolute Gasteiger partial charge is 0.0151 e. The summed E-state index contributed by atoms with van der Waals surface area (Å²) in [5.74, 6) is 3.14. The van der Waals surface area contributed by atoms with Gasteiger partial charge in [-0.3, -0.25) is 0 Å². The van der Waals surface area contributed by atoms with Crippen LogP contribution in [0.4, 0.5) is 0 Å². The second-order valence-corrected chi connectivity index (χ2v) is 9.27. The van der Waals surface area contributed by atoms with E-state index in [9.17, 15) is 0 Å². The number of halogens is 1. The zero-order valence-corrected chi connectivity index (χ0v) is 13.2. The molecule has 92 valence electrons. The van der Waals surface area contributed by atoms with Crippen molar-refractivity contribution >= 4 is 34.4 Å². The van der Waals surface area contributed by atoms with Crippen molar-refractivity contribution in [1.82, 2.24) is 0 Å². The summed E-state index contributed by atoms with van der Waals surface area (Å²) >= 11 is 5.16. The summed E-state index contributed by atoms with van der Waals surface area (Å²) in [6, 6.07) is 0. The molecular weight excluding hydrogens is 327 g/mol. The van der Waals surface area contributed by atoms with Crippen LogP contribution < -0.4 is 0 Å². The van der Waals surface area contributed by atoms with E-state index in [-0.39, 0.29) is 0 Å². The van der Waals surface area contributed by atoms with Gasteiger partial charge < -0.3 is 0 Å². The maximum absolute atomic E-state index is 2.77. The molecule has 6 atom stereocenters. The molecule has 0 aromatic heterocycles. The molecule has 2 saturated carbocycles. The Kier molecular flexibility index (Phi) is 3.78. The highest BCUT2D eigenvalue weighted by Gasteiger charge is 2.45. The van der Waals surface area contributed by atoms with Gasteiger partial charge in [0.1, 0.15) is 0 Å². The molecule has 3 fully saturated rings. The van der Waals surface area contributed by atoms with Gasteiger partial charge >= 0.3 is 0 Å². The van der Waals surface area contributed by atoms with Crippen LogP contribution in [0.2, 0.25) is 0 Å². The average molecular weight is 350 g/mol. The molecule has 1 aliphatic heterocycles. The fourth-order valence-electron chi connectivity index (χ4n) is 4.28. The maximum Gasteiger partial charge on any atom is 0.0151 e. The molecule has 1 heterocycles. The number of thioether (sulfide) groups is 1. The van der Waals surface area contributed by atoms with Crippen LogP contribution in [0.15, 0.2) is 0 Å². The molecule has 0 spiro atoms. The lowest BCUT2D eigenvalue weighted by Crippen LogP contribution is -2.43. The summed E-state index contributed by atoms with van der Waals surface area (Å²) in [6.45, 7) is 2.54. The largest absolute Gasteiger partial charge is 0.155 e. The van der Waals surface area contributed by atoms with E-state index >= 15 is 0 Å². The molecule has 3 rings (SSSR count). The summed E-state index contributed by atoms with van der Waals surface area (Å²) < 4.78 is 0.982. The van der Waals surface area contributed by atoms with E-state index in [1.807, 2.05) is 0 Å². The molecule has 2 bridgehead atoms. The van der Waals surface area contributed by atoms with E-state index in [2.05, 4.69) is 41.3 Å². The Morgan fingerprint density at radius 2 is 1.88 bits per heavy atom. The van der Waals surface area contributed by atoms with Gasteiger partial charge in [-0.25, -0.2) is 0 Å². The van der Waals surface area contributed by atoms with Gasteiger partial charge in [0.25, 0.3) is 0 Å². The minimum absolute atomic E-state index is 0.982. The van der Waals surface area contributed by atoms with Crippen molar-refractivity contribution < 1.29 is 0 Å². The third kappa shape index (κ3) is 2.17. The van der Waals surface area contributed by atoms with E-state index in [4.69, 9.17) is 0 Å². The van der Waals surface area contributed by atoms with Gasteiger partial charge in [-0.2, -0.15) is 11.8 Å². The Morgan fingerprint density at radius 1 is 1.06 bits per heavy atom. The van der Waals surface area contributed by atoms with Crippen LogP contribution in [0, 0.1) is 17.8 Å². The Morgan fingerprint density at radius 3 is 2.75 bits per heavy atom. The van der Waals surface area contributed by atoms with Crippen LogP contribution in [0.1, 0.15) is 51.9 Å². The molecule has 1 saturated heterocycles. The Hall–Kier alpha value is 1.08. The zero-order valence-electron chi connectivity index (χ0n) is 10.2. The van der Waals surface area contributed by atoms with E-state index in [1.165, 1.54) is 38.5 Å². The number of hydrogen-bond acceptors (Lipinski definition) is 1. The topological polar surface area (TPSA) is 0 Å².